The highest BCUT2D eigenvalue weighted by Gasteiger charge is 2.48. The zero-order valence-electron chi connectivity index (χ0n) is 20.5. The molecule has 0 bridgehead atoms. The van der Waals surface area contributed by atoms with Gasteiger partial charge in [-0.3, -0.25) is 0 Å². The van der Waals surface area contributed by atoms with Gasteiger partial charge in [-0.1, -0.05) is 18.2 Å². The van der Waals surface area contributed by atoms with Gasteiger partial charge in [0.05, 0.1) is 18.7 Å². The maximum absolute atomic E-state index is 15.2. The van der Waals surface area contributed by atoms with Crippen LogP contribution in [0.4, 0.5) is 15.9 Å². The van der Waals surface area contributed by atoms with Crippen LogP contribution >= 0.6 is 0 Å². The van der Waals surface area contributed by atoms with Gasteiger partial charge < -0.3 is 19.6 Å². The van der Waals surface area contributed by atoms with Crippen molar-refractivity contribution in [1.82, 2.24) is 9.97 Å². The average Bonchev–Trinajstić information content (AvgIpc) is 3.49. The number of hydrogen-bond acceptors (Lipinski definition) is 6. The number of hydrogen-bond donors (Lipinski definition) is 1. The van der Waals surface area contributed by atoms with Crippen molar-refractivity contribution in [3.8, 4) is 5.75 Å². The lowest BCUT2D eigenvalue weighted by Gasteiger charge is -2.34. The Kier molecular flexibility index (Phi) is 5.55. The van der Waals surface area contributed by atoms with E-state index in [0.29, 0.717) is 31.1 Å². The summed E-state index contributed by atoms with van der Waals surface area (Å²) in [6, 6.07) is 12.5. The van der Waals surface area contributed by atoms with Gasteiger partial charge in [0, 0.05) is 37.3 Å². The first-order valence-electron chi connectivity index (χ1n) is 12.8. The van der Waals surface area contributed by atoms with Gasteiger partial charge in [0.25, 0.3) is 0 Å². The molecule has 184 valence electrons. The molecule has 2 aliphatic heterocycles. The molecule has 3 heterocycles. The molecule has 2 aromatic carbocycles. The number of alkyl halides is 1. The van der Waals surface area contributed by atoms with E-state index in [1.165, 1.54) is 5.56 Å². The molecule has 0 amide bonds. The Morgan fingerprint density at radius 2 is 1.77 bits per heavy atom. The first-order valence-corrected chi connectivity index (χ1v) is 12.8. The first-order chi connectivity index (χ1) is 16.9. The highest BCUT2D eigenvalue weighted by atomic mass is 19.1. The fourth-order valence-electron chi connectivity index (χ4n) is 5.71. The number of aliphatic hydroxyl groups excluding tert-OH is 1. The fraction of sp³-hybridized carbons (Fsp3) is 0.500. The van der Waals surface area contributed by atoms with Crippen LogP contribution in [0.2, 0.25) is 0 Å². The second-order valence-corrected chi connectivity index (χ2v) is 10.4. The number of β-amino-alcohol motifs (C(OH)–C–C–N with tert-alkyl or cyclic N) is 1. The zero-order chi connectivity index (χ0) is 24.2. The van der Waals surface area contributed by atoms with Gasteiger partial charge in [0.1, 0.15) is 11.6 Å². The summed E-state index contributed by atoms with van der Waals surface area (Å²) in [6.07, 6.45) is 3.45. The molecule has 1 aliphatic carbocycles. The van der Waals surface area contributed by atoms with E-state index in [0.717, 1.165) is 72.6 Å². The van der Waals surface area contributed by atoms with E-state index in [9.17, 15) is 5.11 Å². The molecular weight excluding hydrogens is 443 g/mol. The van der Waals surface area contributed by atoms with Gasteiger partial charge in [-0.25, -0.2) is 14.4 Å². The molecule has 3 aliphatic rings. The van der Waals surface area contributed by atoms with E-state index in [-0.39, 0.29) is 6.10 Å². The molecule has 1 aromatic heterocycles. The molecule has 35 heavy (non-hydrogen) atoms. The highest BCUT2D eigenvalue weighted by Crippen LogP contribution is 2.49. The molecule has 7 heteroatoms. The van der Waals surface area contributed by atoms with Crippen LogP contribution in [0.5, 0.6) is 5.75 Å². The van der Waals surface area contributed by atoms with E-state index in [1.54, 1.807) is 7.11 Å². The number of benzene rings is 2. The Morgan fingerprint density at radius 3 is 2.46 bits per heavy atom. The van der Waals surface area contributed by atoms with E-state index in [4.69, 9.17) is 14.7 Å². The van der Waals surface area contributed by atoms with Crippen molar-refractivity contribution in [1.29, 1.82) is 0 Å². The third kappa shape index (κ3) is 4.10. The van der Waals surface area contributed by atoms with Crippen molar-refractivity contribution in [3.63, 3.8) is 0 Å². The minimum absolute atomic E-state index is 0.292. The quantitative estimate of drug-likeness (QED) is 0.568. The first kappa shape index (κ1) is 22.5. The van der Waals surface area contributed by atoms with Gasteiger partial charge in [0.2, 0.25) is 0 Å². The summed E-state index contributed by atoms with van der Waals surface area (Å²) in [5, 5.41) is 11.0. The van der Waals surface area contributed by atoms with Gasteiger partial charge in [-0.15, -0.1) is 0 Å². The standard InChI is InChI=1S/C28H33FN4O2/c1-18-15-20(33-14-9-21(34)17-33)16-23-25(18)30-27(28(29)10-11-28)31-26(23)32-12-7-19(8-13-32)22-5-3-4-6-24(22)35-2/h3-6,15-16,19,21,34H,7-14,17H2,1-2H3/t21-/m0/s1. The lowest BCUT2D eigenvalue weighted by molar-refractivity contribution is 0.198. The fourth-order valence-corrected chi connectivity index (χ4v) is 5.71. The molecule has 0 radical (unpaired) electrons. The molecule has 3 aromatic rings. The molecular formula is C28H33FN4O2. The minimum Gasteiger partial charge on any atom is -0.496 e. The lowest BCUT2D eigenvalue weighted by atomic mass is 9.88. The van der Waals surface area contributed by atoms with E-state index < -0.39 is 5.67 Å². The largest absolute Gasteiger partial charge is 0.496 e. The number of rotatable bonds is 5. The van der Waals surface area contributed by atoms with Crippen LogP contribution in [-0.2, 0) is 5.67 Å². The molecule has 0 unspecified atom stereocenters. The van der Waals surface area contributed by atoms with Gasteiger partial charge in [-0.05, 0) is 74.3 Å². The zero-order valence-corrected chi connectivity index (χ0v) is 20.5. The lowest BCUT2D eigenvalue weighted by Crippen LogP contribution is -2.34. The Balaban J connectivity index is 1.36. The molecule has 6 nitrogen and oxygen atoms in total. The van der Waals surface area contributed by atoms with E-state index in [2.05, 4.69) is 34.1 Å². The Bertz CT molecular complexity index is 1250. The summed E-state index contributed by atoms with van der Waals surface area (Å²) in [5.41, 5.74) is 2.81. The smallest absolute Gasteiger partial charge is 0.170 e. The molecule has 1 N–H and O–H groups in total. The Morgan fingerprint density at radius 1 is 1.03 bits per heavy atom. The van der Waals surface area contributed by atoms with Gasteiger partial charge in [0.15, 0.2) is 11.5 Å². The SMILES string of the molecule is COc1ccccc1C1CCN(c2nc(C3(F)CC3)nc3c(C)cc(N4CC[C@H](O)C4)cc23)CC1. The monoisotopic (exact) mass is 476 g/mol. The average molecular weight is 477 g/mol. The van der Waals surface area contributed by atoms with Crippen LogP contribution < -0.4 is 14.5 Å². The van der Waals surface area contributed by atoms with Crippen LogP contribution in [0.1, 0.15) is 55.0 Å². The third-order valence-electron chi connectivity index (χ3n) is 7.95. The van der Waals surface area contributed by atoms with Crippen LogP contribution in [0, 0.1) is 6.92 Å². The predicted octanol–water partition coefficient (Wildman–Crippen LogP) is 4.86. The maximum Gasteiger partial charge on any atom is 0.170 e. The van der Waals surface area contributed by atoms with Crippen LogP contribution in [0.3, 0.4) is 0 Å². The van der Waals surface area contributed by atoms with E-state index >= 15 is 4.39 Å². The van der Waals surface area contributed by atoms with Crippen molar-refractivity contribution >= 4 is 22.4 Å². The number of para-hydroxylation sites is 1. The predicted molar refractivity (Wildman–Crippen MR) is 136 cm³/mol. The Hall–Kier alpha value is -2.93. The minimum atomic E-state index is -1.39. The number of anilines is 2. The summed E-state index contributed by atoms with van der Waals surface area (Å²) in [4.78, 5) is 14.1. The number of nitrogens with zero attached hydrogens (tertiary/aromatic N) is 4. The summed E-state index contributed by atoms with van der Waals surface area (Å²) in [7, 11) is 1.73. The number of piperidine rings is 1. The van der Waals surface area contributed by atoms with Crippen LogP contribution in [0.25, 0.3) is 10.9 Å². The van der Waals surface area contributed by atoms with Crippen molar-refractivity contribution < 1.29 is 14.2 Å². The number of aliphatic hydroxyl groups is 1. The Labute approximate surface area is 205 Å². The molecule has 2 saturated heterocycles. The van der Waals surface area contributed by atoms with Crippen LogP contribution in [0.15, 0.2) is 36.4 Å². The number of halogens is 1. The number of aryl methyl sites for hydroxylation is 1. The molecule has 1 atom stereocenters. The molecule has 6 rings (SSSR count). The summed E-state index contributed by atoms with van der Waals surface area (Å²) >= 11 is 0. The number of ether oxygens (including phenoxy) is 1. The molecule has 3 fully saturated rings. The normalized spacial score (nSPS) is 22.1. The van der Waals surface area contributed by atoms with E-state index in [1.807, 2.05) is 19.1 Å². The topological polar surface area (TPSA) is 61.7 Å². The number of methoxy groups -OCH3 is 1. The third-order valence-corrected chi connectivity index (χ3v) is 7.95. The van der Waals surface area contributed by atoms with Crippen molar-refractivity contribution in [2.75, 3.05) is 43.1 Å². The van der Waals surface area contributed by atoms with Crippen molar-refractivity contribution in [2.24, 2.45) is 0 Å². The van der Waals surface area contributed by atoms with Gasteiger partial charge >= 0.3 is 0 Å². The number of aromatic nitrogens is 2. The summed E-state index contributed by atoms with van der Waals surface area (Å²) < 4.78 is 20.8. The molecule has 1 saturated carbocycles. The maximum atomic E-state index is 15.2. The second-order valence-electron chi connectivity index (χ2n) is 10.4. The summed E-state index contributed by atoms with van der Waals surface area (Å²) in [6.45, 7) is 5.21. The summed E-state index contributed by atoms with van der Waals surface area (Å²) in [5.74, 6) is 2.55. The molecule has 0 spiro atoms. The van der Waals surface area contributed by atoms with Gasteiger partial charge in [-0.2, -0.15) is 0 Å². The number of fused-ring (bicyclic) bond motifs is 1. The van der Waals surface area contributed by atoms with Crippen molar-refractivity contribution in [2.45, 2.75) is 56.7 Å². The van der Waals surface area contributed by atoms with Crippen LogP contribution in [-0.4, -0.2) is 54.5 Å². The second kappa shape index (κ2) is 8.63. The van der Waals surface area contributed by atoms with Crippen molar-refractivity contribution in [3.05, 3.63) is 53.3 Å². The highest BCUT2D eigenvalue weighted by molar-refractivity contribution is 5.94.